The molecule has 1 atom stereocenters. The highest BCUT2D eigenvalue weighted by molar-refractivity contribution is 9.10. The van der Waals surface area contributed by atoms with E-state index in [0.29, 0.717) is 5.75 Å². The Bertz CT molecular complexity index is 446. The van der Waals surface area contributed by atoms with Crippen molar-refractivity contribution in [3.8, 4) is 5.75 Å². The van der Waals surface area contributed by atoms with E-state index in [2.05, 4.69) is 15.9 Å². The molecule has 0 aliphatic carbocycles. The van der Waals surface area contributed by atoms with Gasteiger partial charge >= 0.3 is 5.97 Å². The van der Waals surface area contributed by atoms with E-state index in [-0.39, 0.29) is 5.97 Å². The Morgan fingerprint density at radius 1 is 1.39 bits per heavy atom. The Kier molecular flexibility index (Phi) is 4.76. The van der Waals surface area contributed by atoms with Crippen LogP contribution >= 0.6 is 15.9 Å². The zero-order valence-electron chi connectivity index (χ0n) is 11.0. The number of esters is 1. The molecule has 0 heterocycles. The van der Waals surface area contributed by atoms with Crippen LogP contribution in [-0.4, -0.2) is 20.2 Å². The second-order valence-electron chi connectivity index (χ2n) is 4.58. The van der Waals surface area contributed by atoms with Crippen LogP contribution in [0.4, 0.5) is 0 Å². The number of carbonyl (C=O) groups is 1. The highest BCUT2D eigenvalue weighted by Gasteiger charge is 2.37. The third-order valence-corrected chi connectivity index (χ3v) is 3.75. The molecule has 5 heteroatoms. The third kappa shape index (κ3) is 2.84. The SMILES string of the molecule is COC(=O)C(C)(C)[C@H](N)c1cc(OC)ccc1Br. The summed E-state index contributed by atoms with van der Waals surface area (Å²) in [5.74, 6) is 0.356. The van der Waals surface area contributed by atoms with E-state index in [1.165, 1.54) is 7.11 Å². The molecule has 0 fully saturated rings. The number of hydrogen-bond donors (Lipinski definition) is 1. The predicted molar refractivity (Wildman–Crippen MR) is 73.4 cm³/mol. The second-order valence-corrected chi connectivity index (χ2v) is 5.43. The Labute approximate surface area is 116 Å². The monoisotopic (exact) mass is 315 g/mol. The van der Waals surface area contributed by atoms with Crippen LogP contribution in [-0.2, 0) is 9.53 Å². The molecule has 1 aromatic carbocycles. The van der Waals surface area contributed by atoms with Crippen LogP contribution in [0.3, 0.4) is 0 Å². The number of nitrogens with two attached hydrogens (primary N) is 1. The van der Waals surface area contributed by atoms with Gasteiger partial charge in [-0.25, -0.2) is 0 Å². The average Bonchev–Trinajstić information content (AvgIpc) is 2.37. The van der Waals surface area contributed by atoms with Crippen LogP contribution in [0.2, 0.25) is 0 Å². The standard InChI is InChI=1S/C13H18BrNO3/c1-13(2,12(16)18-4)11(15)9-7-8(17-3)5-6-10(9)14/h5-7,11H,15H2,1-4H3/t11-/m1/s1. The molecule has 100 valence electrons. The summed E-state index contributed by atoms with van der Waals surface area (Å²) >= 11 is 3.44. The summed E-state index contributed by atoms with van der Waals surface area (Å²) in [7, 11) is 2.95. The van der Waals surface area contributed by atoms with Gasteiger partial charge in [0, 0.05) is 10.5 Å². The molecule has 0 radical (unpaired) electrons. The molecule has 1 aromatic rings. The van der Waals surface area contributed by atoms with E-state index in [4.69, 9.17) is 15.2 Å². The zero-order chi connectivity index (χ0) is 13.9. The van der Waals surface area contributed by atoms with E-state index < -0.39 is 11.5 Å². The van der Waals surface area contributed by atoms with E-state index in [1.807, 2.05) is 18.2 Å². The Balaban J connectivity index is 3.17. The first-order chi connectivity index (χ1) is 8.34. The molecule has 0 saturated carbocycles. The highest BCUT2D eigenvalue weighted by atomic mass is 79.9. The van der Waals surface area contributed by atoms with Crippen molar-refractivity contribution in [1.82, 2.24) is 0 Å². The number of ether oxygens (including phenoxy) is 2. The number of methoxy groups -OCH3 is 2. The van der Waals surface area contributed by atoms with E-state index in [1.54, 1.807) is 21.0 Å². The summed E-state index contributed by atoms with van der Waals surface area (Å²) in [5, 5.41) is 0. The van der Waals surface area contributed by atoms with E-state index >= 15 is 0 Å². The lowest BCUT2D eigenvalue weighted by atomic mass is 9.81. The second kappa shape index (κ2) is 5.71. The molecule has 0 aliphatic rings. The van der Waals surface area contributed by atoms with Gasteiger partial charge in [-0.15, -0.1) is 0 Å². The van der Waals surface area contributed by atoms with Gasteiger partial charge in [0.05, 0.1) is 19.6 Å². The largest absolute Gasteiger partial charge is 0.497 e. The highest BCUT2D eigenvalue weighted by Crippen LogP contribution is 2.37. The molecule has 0 amide bonds. The minimum Gasteiger partial charge on any atom is -0.497 e. The summed E-state index contributed by atoms with van der Waals surface area (Å²) < 4.78 is 10.8. The maximum Gasteiger partial charge on any atom is 0.313 e. The predicted octanol–water partition coefficient (Wildman–Crippen LogP) is 2.66. The van der Waals surface area contributed by atoms with E-state index in [9.17, 15) is 4.79 Å². The van der Waals surface area contributed by atoms with Crippen LogP contribution in [0.5, 0.6) is 5.75 Å². The fourth-order valence-corrected chi connectivity index (χ4v) is 2.16. The topological polar surface area (TPSA) is 61.5 Å². The Morgan fingerprint density at radius 3 is 2.50 bits per heavy atom. The molecule has 1 rings (SSSR count). The van der Waals surface area contributed by atoms with Gasteiger partial charge in [0.1, 0.15) is 5.75 Å². The Hall–Kier alpha value is -1.07. The lowest BCUT2D eigenvalue weighted by molar-refractivity contribution is -0.152. The summed E-state index contributed by atoms with van der Waals surface area (Å²) in [6, 6.07) is 5.00. The number of hydrogen-bond acceptors (Lipinski definition) is 4. The number of halogens is 1. The van der Waals surface area contributed by atoms with Crippen LogP contribution in [0.1, 0.15) is 25.5 Å². The molecule has 0 aliphatic heterocycles. The van der Waals surface area contributed by atoms with Crippen molar-refractivity contribution in [3.63, 3.8) is 0 Å². The van der Waals surface area contributed by atoms with Crippen molar-refractivity contribution in [1.29, 1.82) is 0 Å². The summed E-state index contributed by atoms with van der Waals surface area (Å²) in [5.41, 5.74) is 6.18. The molecular weight excluding hydrogens is 298 g/mol. The van der Waals surface area contributed by atoms with Crippen LogP contribution in [0, 0.1) is 5.41 Å². The van der Waals surface area contributed by atoms with Crippen LogP contribution in [0.25, 0.3) is 0 Å². The molecule has 0 bridgehead atoms. The summed E-state index contributed by atoms with van der Waals surface area (Å²) in [6.45, 7) is 3.52. The van der Waals surface area contributed by atoms with Crippen molar-refractivity contribution in [2.45, 2.75) is 19.9 Å². The maximum absolute atomic E-state index is 11.8. The first-order valence-corrected chi connectivity index (χ1v) is 6.31. The van der Waals surface area contributed by atoms with Crippen molar-refractivity contribution in [2.24, 2.45) is 11.1 Å². The molecule has 18 heavy (non-hydrogen) atoms. The first kappa shape index (κ1) is 15.0. The van der Waals surface area contributed by atoms with Gasteiger partial charge in [-0.05, 0) is 37.6 Å². The Morgan fingerprint density at radius 2 is 2.00 bits per heavy atom. The quantitative estimate of drug-likeness (QED) is 0.868. The number of carbonyl (C=O) groups excluding carboxylic acids is 1. The van der Waals surface area contributed by atoms with Crippen molar-refractivity contribution in [2.75, 3.05) is 14.2 Å². The fraction of sp³-hybridized carbons (Fsp3) is 0.462. The molecule has 4 nitrogen and oxygen atoms in total. The normalized spacial score (nSPS) is 13.0. The zero-order valence-corrected chi connectivity index (χ0v) is 12.6. The van der Waals surface area contributed by atoms with Crippen molar-refractivity contribution in [3.05, 3.63) is 28.2 Å². The maximum atomic E-state index is 11.8. The van der Waals surface area contributed by atoms with Gasteiger partial charge < -0.3 is 15.2 Å². The van der Waals surface area contributed by atoms with Crippen molar-refractivity contribution < 1.29 is 14.3 Å². The number of rotatable bonds is 4. The third-order valence-electron chi connectivity index (χ3n) is 3.03. The number of benzene rings is 1. The lowest BCUT2D eigenvalue weighted by Crippen LogP contribution is -2.37. The molecule has 0 saturated heterocycles. The minimum atomic E-state index is -0.816. The molecule has 0 spiro atoms. The minimum absolute atomic E-state index is 0.343. The average molecular weight is 316 g/mol. The van der Waals surface area contributed by atoms with Gasteiger partial charge in [0.15, 0.2) is 0 Å². The van der Waals surface area contributed by atoms with Gasteiger partial charge in [-0.2, -0.15) is 0 Å². The van der Waals surface area contributed by atoms with Crippen molar-refractivity contribution >= 4 is 21.9 Å². The van der Waals surface area contributed by atoms with Crippen LogP contribution in [0.15, 0.2) is 22.7 Å². The molecule has 0 aromatic heterocycles. The van der Waals surface area contributed by atoms with Crippen LogP contribution < -0.4 is 10.5 Å². The lowest BCUT2D eigenvalue weighted by Gasteiger charge is -2.29. The van der Waals surface area contributed by atoms with Gasteiger partial charge in [-0.3, -0.25) is 4.79 Å². The van der Waals surface area contributed by atoms with Gasteiger partial charge in [0.25, 0.3) is 0 Å². The first-order valence-electron chi connectivity index (χ1n) is 5.52. The molecular formula is C13H18BrNO3. The van der Waals surface area contributed by atoms with E-state index in [0.717, 1.165) is 10.0 Å². The smallest absolute Gasteiger partial charge is 0.313 e. The molecule has 2 N–H and O–H groups in total. The summed E-state index contributed by atoms with van der Waals surface area (Å²) in [4.78, 5) is 11.8. The molecule has 0 unspecified atom stereocenters. The van der Waals surface area contributed by atoms with Gasteiger partial charge in [0.2, 0.25) is 0 Å². The summed E-state index contributed by atoms with van der Waals surface area (Å²) in [6.07, 6.45) is 0. The van der Waals surface area contributed by atoms with Gasteiger partial charge in [-0.1, -0.05) is 15.9 Å². The fourth-order valence-electron chi connectivity index (χ4n) is 1.67.